The number of rotatable bonds is 28. The number of methoxy groups -OCH3 is 2. The Labute approximate surface area is 406 Å². The molecule has 19 heteroatoms. The van der Waals surface area contributed by atoms with E-state index in [1.165, 1.54) is 40.7 Å². The highest BCUT2D eigenvalue weighted by Crippen LogP contribution is 2.54. The number of carbonyl (C=O) groups is 8. The molecule has 2 heterocycles. The van der Waals surface area contributed by atoms with Crippen molar-refractivity contribution in [2.75, 3.05) is 47.3 Å². The summed E-state index contributed by atoms with van der Waals surface area (Å²) < 4.78 is 12.0. The molecule has 18 nitrogen and oxygen atoms in total. The molecule has 1 aromatic rings. The minimum atomic E-state index is -1.16. The number of amides is 7. The fourth-order valence-corrected chi connectivity index (χ4v) is 11.1. The van der Waals surface area contributed by atoms with Gasteiger partial charge in [-0.15, -0.1) is 11.8 Å². The molecule has 2 aliphatic heterocycles. The third-order valence-corrected chi connectivity index (χ3v) is 15.4. The lowest BCUT2D eigenvalue weighted by Crippen LogP contribution is -2.56. The summed E-state index contributed by atoms with van der Waals surface area (Å²) in [7, 11) is 6.19. The van der Waals surface area contributed by atoms with Crippen molar-refractivity contribution >= 4 is 59.1 Å². The Kier molecular flexibility index (Phi) is 21.3. The topological polar surface area (TPSA) is 238 Å². The van der Waals surface area contributed by atoms with Crippen LogP contribution in [0.2, 0.25) is 0 Å². The molecule has 2 saturated heterocycles. The van der Waals surface area contributed by atoms with Gasteiger partial charge in [0.1, 0.15) is 12.1 Å². The number of unbranched alkanes of at least 4 members (excludes halogenated alkanes) is 2. The Morgan fingerprint density at radius 1 is 0.941 bits per heavy atom. The van der Waals surface area contributed by atoms with E-state index in [0.29, 0.717) is 32.1 Å². The maximum atomic E-state index is 14.6. The van der Waals surface area contributed by atoms with Gasteiger partial charge < -0.3 is 45.6 Å². The number of piperidine rings is 1. The number of nitrogens with one attached hydrogen (secondary N) is 2. The van der Waals surface area contributed by atoms with E-state index in [4.69, 9.17) is 15.2 Å². The van der Waals surface area contributed by atoms with Crippen molar-refractivity contribution < 1.29 is 52.9 Å². The molecule has 0 bridgehead atoms. The largest absolute Gasteiger partial charge is 0.480 e. The number of thioether (sulfide) groups is 1. The van der Waals surface area contributed by atoms with E-state index < -0.39 is 71.2 Å². The molecule has 0 radical (unpaired) electrons. The standard InChI is InChI=1S/C49H77N7O11S/c1-11-29(4)43(54(8)41(60)26-51-47(62)42(28(2)3)53(7)38(57)20-16-13-17-21-55-39(58)25-37(48(55)63)68-27-50)36(66-9)24-40(59)56-35(23-33-30(5)44(33)56)45(67-10)31(6)46(61)52-34(49(64)65)22-32-18-14-12-15-19-32/h12,14-15,18-19,28-31,33-37,42-45H,11,13,16-17,20-27,50H2,1-10H3,(H,51,62)(H,52,61)(H,64,65)/t29-,30?,31+,33?,34-,35-,36+,37?,42-,43-,44?,45+/m0/s1. The number of carbonyl (C=O) groups excluding carboxylic acids is 7. The minimum Gasteiger partial charge on any atom is -0.480 e. The monoisotopic (exact) mass is 972 g/mol. The van der Waals surface area contributed by atoms with E-state index in [-0.39, 0.29) is 98.0 Å². The number of benzene rings is 1. The summed E-state index contributed by atoms with van der Waals surface area (Å²) in [5.41, 5.74) is 6.31. The first-order valence-electron chi connectivity index (χ1n) is 24.1. The summed E-state index contributed by atoms with van der Waals surface area (Å²) in [6.45, 7) is 11.3. The van der Waals surface area contributed by atoms with Gasteiger partial charge in [-0.05, 0) is 48.5 Å². The molecule has 5 N–H and O–H groups in total. The summed E-state index contributed by atoms with van der Waals surface area (Å²) >= 11 is 1.26. The molecule has 1 aromatic carbocycles. The van der Waals surface area contributed by atoms with Crippen molar-refractivity contribution in [1.82, 2.24) is 30.2 Å². The molecule has 4 rings (SSSR count). The van der Waals surface area contributed by atoms with Crippen LogP contribution in [0.1, 0.15) is 98.5 Å². The summed E-state index contributed by atoms with van der Waals surface area (Å²) in [5, 5.41) is 15.0. The SMILES string of the molecule is CC[C@H](C)[C@@H]([C@@H](CC(=O)N1C2C(C)C2C[C@H]1[C@H](OC)[C@@H](C)C(=O)N[C@@H](Cc1ccccc1)C(=O)O)OC)N(C)C(=O)CNC(=O)[C@H](C(C)C)N(C)C(=O)CCCCCN1C(=O)CC(SCN)C1=O. The Morgan fingerprint density at radius 2 is 1.62 bits per heavy atom. The van der Waals surface area contributed by atoms with E-state index >= 15 is 0 Å². The van der Waals surface area contributed by atoms with Gasteiger partial charge in [-0.3, -0.25) is 38.5 Å². The molecular weight excluding hydrogens is 895 g/mol. The summed E-state index contributed by atoms with van der Waals surface area (Å²) in [4.78, 5) is 112. The van der Waals surface area contributed by atoms with Gasteiger partial charge in [0.2, 0.25) is 41.4 Å². The first-order valence-corrected chi connectivity index (χ1v) is 25.2. The van der Waals surface area contributed by atoms with Crippen molar-refractivity contribution in [3.05, 3.63) is 35.9 Å². The van der Waals surface area contributed by atoms with Gasteiger partial charge in [0.15, 0.2) is 0 Å². The number of aliphatic carboxylic acids is 1. The van der Waals surface area contributed by atoms with Crippen molar-refractivity contribution in [3.8, 4) is 0 Å². The van der Waals surface area contributed by atoms with Gasteiger partial charge in [-0.2, -0.15) is 0 Å². The average molecular weight is 972 g/mol. The fourth-order valence-electron chi connectivity index (χ4n) is 10.3. The van der Waals surface area contributed by atoms with E-state index in [1.807, 2.05) is 50.8 Å². The number of nitrogens with two attached hydrogens (primary N) is 1. The van der Waals surface area contributed by atoms with Crippen molar-refractivity contribution in [3.63, 3.8) is 0 Å². The molecule has 4 unspecified atom stereocenters. The Hall–Kier alpha value is -4.59. The molecule has 7 amide bonds. The van der Waals surface area contributed by atoms with Crippen LogP contribution in [0.4, 0.5) is 0 Å². The van der Waals surface area contributed by atoms with Crippen LogP contribution in [0, 0.1) is 29.6 Å². The second-order valence-electron chi connectivity index (χ2n) is 19.2. The molecule has 1 aliphatic carbocycles. The maximum Gasteiger partial charge on any atom is 0.326 e. The zero-order chi connectivity index (χ0) is 50.6. The fraction of sp³-hybridized carbons (Fsp3) is 0.714. The number of hydrogen-bond donors (Lipinski definition) is 4. The number of hydrogen-bond acceptors (Lipinski definition) is 12. The number of carboxylic acid groups (broad SMARTS) is 1. The van der Waals surface area contributed by atoms with Gasteiger partial charge in [0.05, 0.1) is 48.4 Å². The predicted molar refractivity (Wildman–Crippen MR) is 257 cm³/mol. The van der Waals surface area contributed by atoms with E-state index in [0.717, 1.165) is 5.56 Å². The molecule has 3 fully saturated rings. The first kappa shape index (κ1) is 56.0. The lowest BCUT2D eigenvalue weighted by Gasteiger charge is -2.40. The molecule has 380 valence electrons. The van der Waals surface area contributed by atoms with Crippen molar-refractivity contribution in [1.29, 1.82) is 0 Å². The van der Waals surface area contributed by atoms with Crippen LogP contribution in [0.15, 0.2) is 30.3 Å². The van der Waals surface area contributed by atoms with E-state index in [9.17, 15) is 43.5 Å². The van der Waals surface area contributed by atoms with Gasteiger partial charge in [-0.1, -0.05) is 84.7 Å². The second kappa shape index (κ2) is 25.9. The van der Waals surface area contributed by atoms with Gasteiger partial charge in [-0.25, -0.2) is 4.79 Å². The molecule has 12 atom stereocenters. The van der Waals surface area contributed by atoms with E-state index in [2.05, 4.69) is 17.6 Å². The second-order valence-corrected chi connectivity index (χ2v) is 20.4. The van der Waals surface area contributed by atoms with Crippen LogP contribution >= 0.6 is 11.8 Å². The third-order valence-electron chi connectivity index (χ3n) is 14.5. The van der Waals surface area contributed by atoms with Crippen LogP contribution in [-0.2, 0) is 54.3 Å². The Morgan fingerprint density at radius 3 is 2.21 bits per heavy atom. The summed E-state index contributed by atoms with van der Waals surface area (Å²) in [6.07, 6.45) is 1.82. The number of carboxylic acids is 1. The molecule has 0 spiro atoms. The number of fused-ring (bicyclic) bond motifs is 1. The van der Waals surface area contributed by atoms with Crippen molar-refractivity contribution in [2.24, 2.45) is 35.3 Å². The van der Waals surface area contributed by atoms with Crippen LogP contribution in [0.5, 0.6) is 0 Å². The van der Waals surface area contributed by atoms with Crippen LogP contribution in [0.3, 0.4) is 0 Å². The van der Waals surface area contributed by atoms with E-state index in [1.54, 1.807) is 33.2 Å². The smallest absolute Gasteiger partial charge is 0.326 e. The predicted octanol–water partition coefficient (Wildman–Crippen LogP) is 2.90. The lowest BCUT2D eigenvalue weighted by atomic mass is 9.89. The van der Waals surface area contributed by atoms with Gasteiger partial charge in [0.25, 0.3) is 0 Å². The minimum absolute atomic E-state index is 0.0635. The average Bonchev–Trinajstić information content (AvgIpc) is 3.59. The zero-order valence-electron chi connectivity index (χ0n) is 41.7. The highest BCUT2D eigenvalue weighted by atomic mass is 32.2. The number of likely N-dealkylation sites (tertiary alicyclic amines) is 2. The normalized spacial score (nSPS) is 23.0. The first-order chi connectivity index (χ1) is 32.2. The van der Waals surface area contributed by atoms with Crippen LogP contribution in [0.25, 0.3) is 0 Å². The number of imide groups is 1. The Bertz CT molecular complexity index is 1920. The number of likely N-dealkylation sites (N-methyl/N-ethyl adjacent to an activating group) is 2. The molecule has 68 heavy (non-hydrogen) atoms. The number of nitrogens with zero attached hydrogens (tertiary/aromatic N) is 4. The summed E-state index contributed by atoms with van der Waals surface area (Å²) in [6, 6.07) is 5.95. The quantitative estimate of drug-likeness (QED) is 0.0538. The van der Waals surface area contributed by atoms with Gasteiger partial charge in [0, 0.05) is 66.0 Å². The molecule has 0 aromatic heterocycles. The highest BCUT2D eigenvalue weighted by Gasteiger charge is 2.62. The van der Waals surface area contributed by atoms with Crippen molar-refractivity contribution in [2.45, 2.75) is 147 Å². The molecule has 1 saturated carbocycles. The van der Waals surface area contributed by atoms with Crippen LogP contribution < -0.4 is 16.4 Å². The number of ether oxygens (including phenoxy) is 2. The van der Waals surface area contributed by atoms with Gasteiger partial charge >= 0.3 is 5.97 Å². The molecule has 3 aliphatic rings. The maximum absolute atomic E-state index is 14.6. The lowest BCUT2D eigenvalue weighted by molar-refractivity contribution is -0.148. The highest BCUT2D eigenvalue weighted by molar-refractivity contribution is 8.00. The third kappa shape index (κ3) is 13.8. The van der Waals surface area contributed by atoms with Crippen LogP contribution in [-0.4, -0.2) is 167 Å². The molecular formula is C49H77N7O11S. The Balaban J connectivity index is 1.36. The zero-order valence-corrected chi connectivity index (χ0v) is 42.5. The summed E-state index contributed by atoms with van der Waals surface area (Å²) in [5.74, 6) is -3.90.